The van der Waals surface area contributed by atoms with Crippen LogP contribution in [-0.4, -0.2) is 71.2 Å². The molecule has 4 N–H and O–H groups in total. The predicted molar refractivity (Wildman–Crippen MR) is 157 cm³/mol. The standard InChI is InChI=1S/C30H34F2N8O3/c1-17-15-39(16-23(33)28(17)37-30(41)42-2)26-5-8-34-14-25(26)36-29-35-13-20-3-4-24(38-40(20)29)27-21(31)11-19(12-22(27)32)18-6-9-43-10-7-18/h3-5,8,11-14,17-18,23,28H,6-7,9-10,15-16,33H2,1-2H3,(H,35,36)(H,37,41)/t17-,23+,28-/m0/s1. The van der Waals surface area contributed by atoms with E-state index in [0.717, 1.165) is 18.5 Å². The van der Waals surface area contributed by atoms with Crippen LogP contribution in [0, 0.1) is 17.6 Å². The first-order valence-corrected chi connectivity index (χ1v) is 14.3. The molecule has 43 heavy (non-hydrogen) atoms. The third kappa shape index (κ3) is 5.82. The van der Waals surface area contributed by atoms with Crippen molar-refractivity contribution in [2.24, 2.45) is 11.7 Å². The molecule has 3 atom stereocenters. The molecule has 0 radical (unpaired) electrons. The van der Waals surface area contributed by atoms with Crippen molar-refractivity contribution in [3.8, 4) is 11.3 Å². The number of anilines is 3. The fourth-order valence-corrected chi connectivity index (χ4v) is 6.05. The number of fused-ring (bicyclic) bond motifs is 1. The quantitative estimate of drug-likeness (QED) is 0.301. The molecule has 1 aromatic carbocycles. The molecule has 13 heteroatoms. The van der Waals surface area contributed by atoms with E-state index in [1.807, 2.05) is 13.0 Å². The van der Waals surface area contributed by atoms with Crippen molar-refractivity contribution in [2.75, 3.05) is 43.6 Å². The molecule has 2 saturated heterocycles. The molecule has 0 saturated carbocycles. The van der Waals surface area contributed by atoms with E-state index in [4.69, 9.17) is 15.2 Å². The molecule has 4 aromatic rings. The zero-order valence-corrected chi connectivity index (χ0v) is 24.0. The van der Waals surface area contributed by atoms with Crippen LogP contribution in [0.25, 0.3) is 16.8 Å². The van der Waals surface area contributed by atoms with E-state index in [9.17, 15) is 4.79 Å². The summed E-state index contributed by atoms with van der Waals surface area (Å²) < 4.78 is 42.4. The van der Waals surface area contributed by atoms with Gasteiger partial charge in [-0.3, -0.25) is 4.98 Å². The van der Waals surface area contributed by atoms with Crippen LogP contribution >= 0.6 is 0 Å². The number of piperidine rings is 1. The zero-order valence-electron chi connectivity index (χ0n) is 24.0. The number of rotatable bonds is 6. The summed E-state index contributed by atoms with van der Waals surface area (Å²) in [4.78, 5) is 22.7. The van der Waals surface area contributed by atoms with Gasteiger partial charge in [-0.25, -0.2) is 18.6 Å². The molecular formula is C30H34F2N8O3. The van der Waals surface area contributed by atoms with E-state index >= 15 is 8.78 Å². The van der Waals surface area contributed by atoms with Gasteiger partial charge in [-0.1, -0.05) is 6.92 Å². The Morgan fingerprint density at radius 2 is 1.88 bits per heavy atom. The highest BCUT2D eigenvalue weighted by Crippen LogP contribution is 2.34. The Morgan fingerprint density at radius 3 is 2.60 bits per heavy atom. The van der Waals surface area contributed by atoms with E-state index in [1.165, 1.54) is 23.8 Å². The fourth-order valence-electron chi connectivity index (χ4n) is 6.05. The Balaban J connectivity index is 1.27. The van der Waals surface area contributed by atoms with E-state index in [-0.39, 0.29) is 35.2 Å². The van der Waals surface area contributed by atoms with Crippen LogP contribution in [0.15, 0.2) is 48.9 Å². The zero-order chi connectivity index (χ0) is 30.1. The first-order valence-electron chi connectivity index (χ1n) is 14.3. The summed E-state index contributed by atoms with van der Waals surface area (Å²) in [6, 6.07) is 7.40. The van der Waals surface area contributed by atoms with Crippen LogP contribution in [0.5, 0.6) is 0 Å². The number of nitrogens with one attached hydrogen (secondary N) is 2. The molecule has 2 fully saturated rings. The summed E-state index contributed by atoms with van der Waals surface area (Å²) in [7, 11) is 1.32. The highest BCUT2D eigenvalue weighted by atomic mass is 19.1. The van der Waals surface area contributed by atoms with Gasteiger partial charge >= 0.3 is 6.09 Å². The van der Waals surface area contributed by atoms with Gasteiger partial charge in [0.15, 0.2) is 0 Å². The molecule has 1 amide bonds. The number of carbonyl (C=O) groups excluding carboxylic acids is 1. The van der Waals surface area contributed by atoms with Crippen molar-refractivity contribution in [3.05, 3.63) is 66.1 Å². The van der Waals surface area contributed by atoms with Crippen molar-refractivity contribution in [2.45, 2.75) is 37.8 Å². The van der Waals surface area contributed by atoms with Crippen LogP contribution in [-0.2, 0) is 9.47 Å². The Bertz CT molecular complexity index is 1590. The number of pyridine rings is 1. The summed E-state index contributed by atoms with van der Waals surface area (Å²) in [6.45, 7) is 4.28. The maximum Gasteiger partial charge on any atom is 0.407 e. The Hall–Kier alpha value is -4.36. The number of carbonyl (C=O) groups is 1. The number of benzene rings is 1. The summed E-state index contributed by atoms with van der Waals surface area (Å²) in [5.41, 5.74) is 9.19. The maximum absolute atomic E-state index is 15.4. The van der Waals surface area contributed by atoms with E-state index in [0.29, 0.717) is 49.0 Å². The molecular weight excluding hydrogens is 558 g/mol. The third-order valence-corrected chi connectivity index (χ3v) is 8.27. The number of aromatic nitrogens is 4. The Labute approximate surface area is 247 Å². The molecule has 5 heterocycles. The molecule has 2 aliphatic rings. The maximum atomic E-state index is 15.4. The lowest BCUT2D eigenvalue weighted by molar-refractivity contribution is 0.0852. The molecule has 0 bridgehead atoms. The number of nitrogens with zero attached hydrogens (tertiary/aromatic N) is 5. The Morgan fingerprint density at radius 1 is 1.12 bits per heavy atom. The first-order chi connectivity index (χ1) is 20.8. The SMILES string of the molecule is COC(=O)N[C@@H]1[C@H](N)CN(c2ccncc2Nc2ncc3ccc(-c4c(F)cc(C5CCOCC5)cc4F)nn23)C[C@@H]1C. The summed E-state index contributed by atoms with van der Waals surface area (Å²) in [6.07, 6.45) is 5.93. The summed E-state index contributed by atoms with van der Waals surface area (Å²) in [5, 5.41) is 10.7. The number of hydrogen-bond donors (Lipinski definition) is 3. The Kier molecular flexibility index (Phi) is 8.08. The number of imidazole rings is 1. The molecule has 2 aliphatic heterocycles. The monoisotopic (exact) mass is 592 g/mol. The fraction of sp³-hybridized carbons (Fsp3) is 0.400. The number of hydrogen-bond acceptors (Lipinski definition) is 9. The third-order valence-electron chi connectivity index (χ3n) is 8.27. The summed E-state index contributed by atoms with van der Waals surface area (Å²) in [5.74, 6) is -0.873. The minimum Gasteiger partial charge on any atom is -0.453 e. The predicted octanol–water partition coefficient (Wildman–Crippen LogP) is 4.22. The molecule has 0 spiro atoms. The van der Waals surface area contributed by atoms with Crippen LogP contribution < -0.4 is 21.3 Å². The second-order valence-electron chi connectivity index (χ2n) is 11.1. The molecule has 0 aliphatic carbocycles. The minimum absolute atomic E-state index is 0.0305. The van der Waals surface area contributed by atoms with E-state index in [1.54, 1.807) is 30.7 Å². The number of nitrogens with two attached hydrogens (primary N) is 1. The van der Waals surface area contributed by atoms with Gasteiger partial charge in [-0.15, -0.1) is 0 Å². The van der Waals surface area contributed by atoms with E-state index in [2.05, 4.69) is 30.6 Å². The van der Waals surface area contributed by atoms with Crippen molar-refractivity contribution in [1.29, 1.82) is 0 Å². The average molecular weight is 593 g/mol. The largest absolute Gasteiger partial charge is 0.453 e. The van der Waals surface area contributed by atoms with Gasteiger partial charge in [0.2, 0.25) is 5.95 Å². The topological polar surface area (TPSA) is 132 Å². The van der Waals surface area contributed by atoms with Crippen LogP contribution in [0.2, 0.25) is 0 Å². The summed E-state index contributed by atoms with van der Waals surface area (Å²) >= 11 is 0. The van der Waals surface area contributed by atoms with Gasteiger partial charge in [0.25, 0.3) is 0 Å². The smallest absolute Gasteiger partial charge is 0.407 e. The number of ether oxygens (including phenoxy) is 2. The normalized spacial score (nSPS) is 21.1. The molecule has 3 aromatic heterocycles. The number of methoxy groups -OCH3 is 1. The average Bonchev–Trinajstić information content (AvgIpc) is 3.41. The molecule has 226 valence electrons. The highest BCUT2D eigenvalue weighted by molar-refractivity contribution is 5.74. The van der Waals surface area contributed by atoms with E-state index < -0.39 is 17.7 Å². The van der Waals surface area contributed by atoms with Crippen molar-refractivity contribution in [3.63, 3.8) is 0 Å². The lowest BCUT2D eigenvalue weighted by Gasteiger charge is -2.42. The van der Waals surface area contributed by atoms with Gasteiger partial charge in [-0.2, -0.15) is 9.61 Å². The van der Waals surface area contributed by atoms with Crippen LogP contribution in [0.4, 0.5) is 30.9 Å². The second-order valence-corrected chi connectivity index (χ2v) is 11.1. The van der Waals surface area contributed by atoms with Crippen molar-refractivity contribution in [1.82, 2.24) is 24.9 Å². The number of halogens is 2. The lowest BCUT2D eigenvalue weighted by atomic mass is 9.90. The highest BCUT2D eigenvalue weighted by Gasteiger charge is 2.34. The van der Waals surface area contributed by atoms with Gasteiger partial charge in [0.1, 0.15) is 11.6 Å². The lowest BCUT2D eigenvalue weighted by Crippen LogP contribution is -2.62. The van der Waals surface area contributed by atoms with Crippen molar-refractivity contribution >= 4 is 28.9 Å². The van der Waals surface area contributed by atoms with Crippen LogP contribution in [0.1, 0.15) is 31.2 Å². The number of alkyl carbamates (subject to hydrolysis) is 1. The molecule has 0 unspecified atom stereocenters. The minimum atomic E-state index is -0.659. The van der Waals surface area contributed by atoms with Gasteiger partial charge < -0.3 is 30.7 Å². The van der Waals surface area contributed by atoms with Crippen molar-refractivity contribution < 1.29 is 23.0 Å². The second kappa shape index (κ2) is 12.1. The van der Waals surface area contributed by atoms with Crippen LogP contribution in [0.3, 0.4) is 0 Å². The molecule has 11 nitrogen and oxygen atoms in total. The van der Waals surface area contributed by atoms with Gasteiger partial charge in [0.05, 0.1) is 53.7 Å². The van der Waals surface area contributed by atoms with Gasteiger partial charge in [-0.05, 0) is 60.6 Å². The molecule has 6 rings (SSSR count). The van der Waals surface area contributed by atoms with Gasteiger partial charge in [0, 0.05) is 38.5 Å². The first kappa shape index (κ1) is 28.7. The number of amides is 1.